The summed E-state index contributed by atoms with van der Waals surface area (Å²) in [6, 6.07) is 3.39. The van der Waals surface area contributed by atoms with E-state index in [9.17, 15) is 8.42 Å². The Morgan fingerprint density at radius 2 is 2.06 bits per heavy atom. The van der Waals surface area contributed by atoms with Crippen LogP contribution in [-0.2, 0) is 16.4 Å². The first kappa shape index (κ1) is 11.8. The van der Waals surface area contributed by atoms with Crippen molar-refractivity contribution in [3.63, 3.8) is 0 Å². The molecule has 1 aromatic carbocycles. The quantitative estimate of drug-likeness (QED) is 0.828. The van der Waals surface area contributed by atoms with Crippen LogP contribution >= 0.6 is 0 Å². The summed E-state index contributed by atoms with van der Waals surface area (Å²) >= 11 is 0. The first-order valence-corrected chi connectivity index (χ1v) is 6.90. The van der Waals surface area contributed by atoms with Crippen molar-refractivity contribution in [2.24, 2.45) is 0 Å². The third-order valence-electron chi connectivity index (χ3n) is 2.26. The predicted molar refractivity (Wildman–Crippen MR) is 64.9 cm³/mol. The highest BCUT2D eigenvalue weighted by atomic mass is 32.2. The van der Waals surface area contributed by atoms with E-state index in [1.807, 2.05) is 0 Å². The van der Waals surface area contributed by atoms with Crippen molar-refractivity contribution in [1.82, 2.24) is 0 Å². The van der Waals surface area contributed by atoms with E-state index in [1.54, 1.807) is 18.2 Å². The lowest BCUT2D eigenvalue weighted by Crippen LogP contribution is -2.11. The highest BCUT2D eigenvalue weighted by Gasteiger charge is 2.18. The molecular formula is C11H13NO4S. The molecule has 5 nitrogen and oxygen atoms in total. The third kappa shape index (κ3) is 2.71. The number of benzene rings is 1. The second-order valence-corrected chi connectivity index (χ2v) is 5.48. The van der Waals surface area contributed by atoms with E-state index < -0.39 is 10.0 Å². The average Bonchev–Trinajstić information content (AvgIpc) is 2.63. The average molecular weight is 255 g/mol. The summed E-state index contributed by atoms with van der Waals surface area (Å²) in [5.74, 6) is 1.17. The number of sulfonamides is 1. The van der Waals surface area contributed by atoms with E-state index in [2.05, 4.69) is 11.3 Å². The van der Waals surface area contributed by atoms with E-state index in [-0.39, 0.29) is 6.79 Å². The molecule has 0 atom stereocenters. The largest absolute Gasteiger partial charge is 0.454 e. The molecule has 0 aromatic heterocycles. The maximum atomic E-state index is 11.2. The smallest absolute Gasteiger partial charge is 0.231 e. The third-order valence-corrected chi connectivity index (χ3v) is 2.85. The molecule has 1 aliphatic heterocycles. The van der Waals surface area contributed by atoms with Gasteiger partial charge in [-0.3, -0.25) is 4.72 Å². The summed E-state index contributed by atoms with van der Waals surface area (Å²) < 4.78 is 35.4. The van der Waals surface area contributed by atoms with Crippen LogP contribution in [0.1, 0.15) is 5.56 Å². The molecule has 0 aliphatic carbocycles. The number of fused-ring (bicyclic) bond motifs is 1. The van der Waals surface area contributed by atoms with Gasteiger partial charge in [-0.2, -0.15) is 0 Å². The molecule has 0 bridgehead atoms. The first-order chi connectivity index (χ1) is 7.99. The Morgan fingerprint density at radius 3 is 2.65 bits per heavy atom. The minimum atomic E-state index is -3.32. The van der Waals surface area contributed by atoms with Gasteiger partial charge in [-0.1, -0.05) is 6.08 Å². The number of allylic oxidation sites excluding steroid dienone is 1. The summed E-state index contributed by atoms with van der Waals surface area (Å²) in [5, 5.41) is 0. The zero-order valence-corrected chi connectivity index (χ0v) is 10.2. The highest BCUT2D eigenvalue weighted by molar-refractivity contribution is 7.92. The molecule has 1 aliphatic rings. The molecule has 2 rings (SSSR count). The van der Waals surface area contributed by atoms with Gasteiger partial charge in [0.15, 0.2) is 11.5 Å². The maximum absolute atomic E-state index is 11.2. The number of hydrogen-bond donors (Lipinski definition) is 1. The van der Waals surface area contributed by atoms with Crippen LogP contribution in [0.5, 0.6) is 11.5 Å². The van der Waals surface area contributed by atoms with E-state index >= 15 is 0 Å². The molecule has 1 N–H and O–H groups in total. The van der Waals surface area contributed by atoms with Crippen molar-refractivity contribution in [2.45, 2.75) is 6.42 Å². The van der Waals surface area contributed by atoms with E-state index in [4.69, 9.17) is 9.47 Å². The molecule has 6 heteroatoms. The van der Waals surface area contributed by atoms with Crippen LogP contribution in [0, 0.1) is 0 Å². The Kier molecular flexibility index (Phi) is 2.97. The number of nitrogens with one attached hydrogen (secondary N) is 1. The van der Waals surface area contributed by atoms with Gasteiger partial charge in [0.1, 0.15) is 0 Å². The lowest BCUT2D eigenvalue weighted by atomic mass is 10.1. The summed E-state index contributed by atoms with van der Waals surface area (Å²) in [4.78, 5) is 0. The van der Waals surface area contributed by atoms with Gasteiger partial charge in [-0.15, -0.1) is 6.58 Å². The van der Waals surface area contributed by atoms with Crippen molar-refractivity contribution >= 4 is 15.7 Å². The van der Waals surface area contributed by atoms with Crippen molar-refractivity contribution in [2.75, 3.05) is 17.8 Å². The van der Waals surface area contributed by atoms with Crippen LogP contribution in [0.3, 0.4) is 0 Å². The van der Waals surface area contributed by atoms with E-state index in [0.29, 0.717) is 23.6 Å². The van der Waals surface area contributed by atoms with Crippen molar-refractivity contribution in [1.29, 1.82) is 0 Å². The molecule has 0 amide bonds. The molecule has 0 saturated carbocycles. The molecule has 1 aromatic rings. The van der Waals surface area contributed by atoms with Crippen LogP contribution in [0.15, 0.2) is 24.8 Å². The van der Waals surface area contributed by atoms with Gasteiger partial charge in [0.25, 0.3) is 0 Å². The SMILES string of the molecule is C=CCc1cc2c(cc1NS(C)(=O)=O)OCO2. The predicted octanol–water partition coefficient (Wildman–Crippen LogP) is 1.52. The van der Waals surface area contributed by atoms with Crippen LogP contribution in [0.2, 0.25) is 0 Å². The Hall–Kier alpha value is -1.69. The second kappa shape index (κ2) is 4.29. The van der Waals surface area contributed by atoms with Crippen LogP contribution < -0.4 is 14.2 Å². The Morgan fingerprint density at radius 1 is 1.41 bits per heavy atom. The zero-order chi connectivity index (χ0) is 12.5. The lowest BCUT2D eigenvalue weighted by molar-refractivity contribution is 0.174. The molecule has 0 unspecified atom stereocenters. The lowest BCUT2D eigenvalue weighted by Gasteiger charge is -2.10. The van der Waals surface area contributed by atoms with E-state index in [1.165, 1.54) is 0 Å². The van der Waals surface area contributed by atoms with Gasteiger partial charge in [-0.25, -0.2) is 8.42 Å². The fourth-order valence-corrected chi connectivity index (χ4v) is 2.19. The van der Waals surface area contributed by atoms with Crippen molar-refractivity contribution < 1.29 is 17.9 Å². The fourth-order valence-electron chi connectivity index (χ4n) is 1.60. The number of anilines is 1. The monoisotopic (exact) mass is 255 g/mol. The molecule has 0 fully saturated rings. The Bertz CT molecular complexity index is 551. The second-order valence-electron chi connectivity index (χ2n) is 3.73. The standard InChI is InChI=1S/C11H13NO4S/c1-3-4-8-5-10-11(16-7-15-10)6-9(8)12-17(2,13)14/h3,5-6,12H,1,4,7H2,2H3. The molecule has 92 valence electrons. The molecule has 0 spiro atoms. The minimum absolute atomic E-state index is 0.158. The van der Waals surface area contributed by atoms with Gasteiger partial charge >= 0.3 is 0 Å². The van der Waals surface area contributed by atoms with E-state index in [0.717, 1.165) is 11.8 Å². The van der Waals surface area contributed by atoms with Gasteiger partial charge in [-0.05, 0) is 18.1 Å². The molecule has 17 heavy (non-hydrogen) atoms. The molecule has 0 saturated heterocycles. The molecule has 0 radical (unpaired) electrons. The summed E-state index contributed by atoms with van der Waals surface area (Å²) in [7, 11) is -3.32. The molecule has 1 heterocycles. The minimum Gasteiger partial charge on any atom is -0.454 e. The normalized spacial score (nSPS) is 13.5. The summed E-state index contributed by atoms with van der Waals surface area (Å²) in [6.45, 7) is 3.80. The van der Waals surface area contributed by atoms with Gasteiger partial charge in [0.05, 0.1) is 11.9 Å². The van der Waals surface area contributed by atoms with Crippen molar-refractivity contribution in [3.8, 4) is 11.5 Å². The summed E-state index contributed by atoms with van der Waals surface area (Å²) in [6.07, 6.45) is 3.36. The molecular weight excluding hydrogens is 242 g/mol. The zero-order valence-electron chi connectivity index (χ0n) is 9.39. The highest BCUT2D eigenvalue weighted by Crippen LogP contribution is 2.37. The van der Waals surface area contributed by atoms with Crippen LogP contribution in [0.25, 0.3) is 0 Å². The number of rotatable bonds is 4. The van der Waals surface area contributed by atoms with Gasteiger partial charge in [0.2, 0.25) is 16.8 Å². The fraction of sp³-hybridized carbons (Fsp3) is 0.273. The van der Waals surface area contributed by atoms with Gasteiger partial charge < -0.3 is 9.47 Å². The Balaban J connectivity index is 2.44. The topological polar surface area (TPSA) is 64.6 Å². The number of ether oxygens (including phenoxy) is 2. The van der Waals surface area contributed by atoms with Crippen molar-refractivity contribution in [3.05, 3.63) is 30.4 Å². The Labute approximate surface area is 100 Å². The first-order valence-electron chi connectivity index (χ1n) is 5.01. The maximum Gasteiger partial charge on any atom is 0.231 e. The van der Waals surface area contributed by atoms with Crippen LogP contribution in [-0.4, -0.2) is 21.5 Å². The van der Waals surface area contributed by atoms with Gasteiger partial charge in [0, 0.05) is 6.07 Å². The van der Waals surface area contributed by atoms with Crippen LogP contribution in [0.4, 0.5) is 5.69 Å². The number of hydrogen-bond acceptors (Lipinski definition) is 4. The summed E-state index contributed by atoms with van der Waals surface area (Å²) in [5.41, 5.74) is 1.30.